The molecule has 12 heavy (non-hydrogen) atoms. The predicted octanol–water partition coefficient (Wildman–Crippen LogP) is 1.90. The molecule has 1 unspecified atom stereocenters. The third-order valence-corrected chi connectivity index (χ3v) is 2.50. The Morgan fingerprint density at radius 3 is 3.00 bits per heavy atom. The maximum atomic E-state index is 5.17. The van der Waals surface area contributed by atoms with Crippen molar-refractivity contribution in [3.05, 3.63) is 42.8 Å². The third-order valence-electron chi connectivity index (χ3n) is 1.62. The van der Waals surface area contributed by atoms with E-state index in [9.17, 15) is 0 Å². The van der Waals surface area contributed by atoms with Crippen LogP contribution in [0.25, 0.3) is 0 Å². The monoisotopic (exact) mass is 226 g/mol. The van der Waals surface area contributed by atoms with Crippen LogP contribution < -0.4 is 5.32 Å². The Morgan fingerprint density at radius 2 is 2.42 bits per heavy atom. The van der Waals surface area contributed by atoms with Gasteiger partial charge in [0.05, 0.1) is 6.20 Å². The molecule has 3 nitrogen and oxygen atoms in total. The molecule has 0 amide bonds. The van der Waals surface area contributed by atoms with Crippen LogP contribution in [0.1, 0.15) is 5.76 Å². The van der Waals surface area contributed by atoms with Crippen molar-refractivity contribution in [2.24, 2.45) is 0 Å². The smallest absolute Gasteiger partial charge is 0.181 e. The molecule has 4 heteroatoms. The molecule has 1 N–H and O–H groups in total. The summed E-state index contributed by atoms with van der Waals surface area (Å²) in [5, 5.41) is 3.11. The fourth-order valence-corrected chi connectivity index (χ4v) is 1.49. The van der Waals surface area contributed by atoms with Gasteiger partial charge in [0.15, 0.2) is 16.6 Å². The summed E-state index contributed by atoms with van der Waals surface area (Å²) in [6.45, 7) is 0. The molecule has 0 fully saturated rings. The van der Waals surface area contributed by atoms with E-state index in [0.29, 0.717) is 0 Å². The number of aromatic nitrogens is 1. The van der Waals surface area contributed by atoms with E-state index in [1.54, 1.807) is 6.20 Å². The fraction of sp³-hybridized carbons (Fsp3) is 0.125. The van der Waals surface area contributed by atoms with E-state index in [1.807, 2.05) is 24.4 Å². The van der Waals surface area contributed by atoms with E-state index in [1.165, 1.54) is 6.39 Å². The Labute approximate surface area is 78.3 Å². The van der Waals surface area contributed by atoms with Gasteiger partial charge in [0.2, 0.25) is 0 Å². The number of nitrogens with zero attached hydrogens (tertiary/aromatic N) is 1. The molecule has 1 aliphatic heterocycles. The Morgan fingerprint density at radius 1 is 1.50 bits per heavy atom. The standard InChI is InChI=1S/C8H7BrN2O/c9-8(3-1-2-4-11-8)7-5-10-6-12-7/h1-6,11H. The number of rotatable bonds is 1. The minimum absolute atomic E-state index is 0.432. The molecule has 0 aliphatic carbocycles. The minimum Gasteiger partial charge on any atom is -0.445 e. The normalized spacial score (nSPS) is 27.1. The van der Waals surface area contributed by atoms with Crippen LogP contribution in [0.4, 0.5) is 0 Å². The first-order valence-electron chi connectivity index (χ1n) is 3.51. The van der Waals surface area contributed by atoms with Crippen LogP contribution in [-0.4, -0.2) is 4.98 Å². The van der Waals surface area contributed by atoms with Gasteiger partial charge in [0.1, 0.15) is 0 Å². The van der Waals surface area contributed by atoms with Crippen LogP contribution in [0.15, 0.2) is 41.4 Å². The third kappa shape index (κ3) is 1.18. The van der Waals surface area contributed by atoms with Crippen LogP contribution >= 0.6 is 15.9 Å². The Hall–Kier alpha value is -1.03. The van der Waals surface area contributed by atoms with E-state index in [-0.39, 0.29) is 0 Å². The lowest BCUT2D eigenvalue weighted by atomic mass is 10.2. The van der Waals surface area contributed by atoms with Gasteiger partial charge in [-0.3, -0.25) is 0 Å². The zero-order chi connectivity index (χ0) is 8.44. The average Bonchev–Trinajstić information content (AvgIpc) is 2.58. The van der Waals surface area contributed by atoms with Gasteiger partial charge in [-0.1, -0.05) is 6.08 Å². The van der Waals surface area contributed by atoms with E-state index in [2.05, 4.69) is 26.2 Å². The predicted molar refractivity (Wildman–Crippen MR) is 48.5 cm³/mol. The topological polar surface area (TPSA) is 38.1 Å². The first kappa shape index (κ1) is 7.61. The van der Waals surface area contributed by atoms with Gasteiger partial charge in [0, 0.05) is 0 Å². The average molecular weight is 227 g/mol. The van der Waals surface area contributed by atoms with Gasteiger partial charge < -0.3 is 9.73 Å². The second-order valence-corrected chi connectivity index (χ2v) is 3.69. The molecular formula is C8H7BrN2O. The summed E-state index contributed by atoms with van der Waals surface area (Å²) in [4.78, 5) is 3.85. The molecule has 0 saturated heterocycles. The number of dihydropyridines is 1. The number of hydrogen-bond donors (Lipinski definition) is 1. The molecule has 0 bridgehead atoms. The summed E-state index contributed by atoms with van der Waals surface area (Å²) in [5.74, 6) is 0.739. The quantitative estimate of drug-likeness (QED) is 0.588. The summed E-state index contributed by atoms with van der Waals surface area (Å²) in [6, 6.07) is 0. The lowest BCUT2D eigenvalue weighted by Crippen LogP contribution is -2.31. The van der Waals surface area contributed by atoms with Crippen molar-refractivity contribution in [1.82, 2.24) is 10.3 Å². The van der Waals surface area contributed by atoms with Crippen LogP contribution in [0.2, 0.25) is 0 Å². The number of halogens is 1. The highest BCUT2D eigenvalue weighted by molar-refractivity contribution is 9.09. The van der Waals surface area contributed by atoms with Crippen molar-refractivity contribution in [3.63, 3.8) is 0 Å². The Balaban J connectivity index is 2.34. The highest BCUT2D eigenvalue weighted by atomic mass is 79.9. The zero-order valence-corrected chi connectivity index (χ0v) is 7.78. The van der Waals surface area contributed by atoms with Crippen LogP contribution in [0.5, 0.6) is 0 Å². The van der Waals surface area contributed by atoms with Gasteiger partial charge >= 0.3 is 0 Å². The largest absolute Gasteiger partial charge is 0.445 e. The van der Waals surface area contributed by atoms with Gasteiger partial charge in [-0.15, -0.1) is 0 Å². The first-order valence-corrected chi connectivity index (χ1v) is 4.30. The summed E-state index contributed by atoms with van der Waals surface area (Å²) >= 11 is 3.50. The van der Waals surface area contributed by atoms with Gasteiger partial charge in [-0.2, -0.15) is 0 Å². The van der Waals surface area contributed by atoms with E-state index < -0.39 is 4.45 Å². The molecule has 2 heterocycles. The molecule has 1 aliphatic rings. The molecule has 0 spiro atoms. The second kappa shape index (κ2) is 2.79. The van der Waals surface area contributed by atoms with Gasteiger partial charge in [-0.25, -0.2) is 4.98 Å². The molecule has 2 rings (SSSR count). The van der Waals surface area contributed by atoms with Crippen molar-refractivity contribution in [2.75, 3.05) is 0 Å². The van der Waals surface area contributed by atoms with E-state index in [0.717, 1.165) is 5.76 Å². The number of oxazole rings is 1. The van der Waals surface area contributed by atoms with Gasteiger partial charge in [0.25, 0.3) is 0 Å². The molecule has 0 saturated carbocycles. The van der Waals surface area contributed by atoms with Crippen molar-refractivity contribution in [2.45, 2.75) is 4.45 Å². The SMILES string of the molecule is BrC1(c2cnco2)C=CC=CN1. The fourth-order valence-electron chi connectivity index (χ4n) is 1.01. The molecule has 1 aromatic rings. The molecule has 62 valence electrons. The Bertz CT molecular complexity index is 318. The summed E-state index contributed by atoms with van der Waals surface area (Å²) in [6.07, 6.45) is 10.7. The maximum Gasteiger partial charge on any atom is 0.181 e. The van der Waals surface area contributed by atoms with Crippen molar-refractivity contribution >= 4 is 15.9 Å². The van der Waals surface area contributed by atoms with Crippen molar-refractivity contribution in [1.29, 1.82) is 0 Å². The Kier molecular flexibility index (Phi) is 1.77. The number of nitrogens with one attached hydrogen (secondary N) is 1. The summed E-state index contributed by atoms with van der Waals surface area (Å²) in [7, 11) is 0. The molecule has 0 radical (unpaired) electrons. The summed E-state index contributed by atoms with van der Waals surface area (Å²) < 4.78 is 4.74. The van der Waals surface area contributed by atoms with Crippen molar-refractivity contribution in [3.8, 4) is 0 Å². The maximum absolute atomic E-state index is 5.17. The first-order chi connectivity index (χ1) is 5.81. The molecule has 1 aromatic heterocycles. The lowest BCUT2D eigenvalue weighted by Gasteiger charge is -2.23. The molecular weight excluding hydrogens is 220 g/mol. The number of alkyl halides is 1. The highest BCUT2D eigenvalue weighted by Gasteiger charge is 2.28. The second-order valence-electron chi connectivity index (χ2n) is 2.44. The zero-order valence-electron chi connectivity index (χ0n) is 6.20. The number of allylic oxidation sites excluding steroid dienone is 2. The molecule has 1 atom stereocenters. The lowest BCUT2D eigenvalue weighted by molar-refractivity contribution is 0.454. The van der Waals surface area contributed by atoms with Crippen LogP contribution in [-0.2, 0) is 4.45 Å². The minimum atomic E-state index is -0.432. The van der Waals surface area contributed by atoms with Crippen LogP contribution in [0.3, 0.4) is 0 Å². The van der Waals surface area contributed by atoms with Gasteiger partial charge in [-0.05, 0) is 34.3 Å². The highest BCUT2D eigenvalue weighted by Crippen LogP contribution is 2.30. The number of hydrogen-bond acceptors (Lipinski definition) is 3. The summed E-state index contributed by atoms with van der Waals surface area (Å²) in [5.41, 5.74) is 0. The van der Waals surface area contributed by atoms with Crippen LogP contribution in [0, 0.1) is 0 Å². The molecule has 0 aromatic carbocycles. The van der Waals surface area contributed by atoms with E-state index >= 15 is 0 Å². The van der Waals surface area contributed by atoms with E-state index in [4.69, 9.17) is 4.42 Å². The van der Waals surface area contributed by atoms with Crippen molar-refractivity contribution < 1.29 is 4.42 Å².